The van der Waals surface area contributed by atoms with Crippen LogP contribution in [-0.2, 0) is 20.9 Å². The molecule has 1 aliphatic carbocycles. The summed E-state index contributed by atoms with van der Waals surface area (Å²) >= 11 is 0. The maximum Gasteiger partial charge on any atom is 0.226 e. The minimum atomic E-state index is -0.205. The number of hydrogen-bond donors (Lipinski definition) is 1. The van der Waals surface area contributed by atoms with Crippen molar-refractivity contribution in [2.24, 2.45) is 11.8 Å². The molecule has 0 bridgehead atoms. The zero-order chi connectivity index (χ0) is 18.0. The number of piperazine rings is 1. The van der Waals surface area contributed by atoms with E-state index in [2.05, 4.69) is 5.32 Å². The Morgan fingerprint density at radius 2 is 1.60 bits per heavy atom. The number of nitrogens with zero attached hydrogens (tertiary/aromatic N) is 2. The van der Waals surface area contributed by atoms with Gasteiger partial charge in [-0.05, 0) is 18.9 Å². The van der Waals surface area contributed by atoms with Gasteiger partial charge in [0.15, 0.2) is 0 Å². The van der Waals surface area contributed by atoms with Crippen LogP contribution < -0.4 is 5.32 Å². The van der Waals surface area contributed by atoms with Crippen molar-refractivity contribution < 1.29 is 14.4 Å². The fourth-order valence-electron chi connectivity index (χ4n) is 3.26. The van der Waals surface area contributed by atoms with Gasteiger partial charge in [0.2, 0.25) is 17.7 Å². The summed E-state index contributed by atoms with van der Waals surface area (Å²) in [4.78, 5) is 39.6. The van der Waals surface area contributed by atoms with Crippen molar-refractivity contribution in [1.29, 1.82) is 0 Å². The molecule has 1 saturated heterocycles. The molecule has 0 radical (unpaired) electrons. The van der Waals surface area contributed by atoms with Crippen LogP contribution in [0.2, 0.25) is 0 Å². The van der Waals surface area contributed by atoms with E-state index >= 15 is 0 Å². The second-order valence-electron chi connectivity index (χ2n) is 6.98. The van der Waals surface area contributed by atoms with Gasteiger partial charge < -0.3 is 15.1 Å². The van der Waals surface area contributed by atoms with Crippen LogP contribution in [0.4, 0.5) is 0 Å². The van der Waals surface area contributed by atoms with Crippen molar-refractivity contribution in [2.45, 2.75) is 26.8 Å². The van der Waals surface area contributed by atoms with E-state index in [0.29, 0.717) is 39.1 Å². The quantitative estimate of drug-likeness (QED) is 0.884. The van der Waals surface area contributed by atoms with Gasteiger partial charge in [0.05, 0.1) is 11.8 Å². The molecule has 3 amide bonds. The minimum Gasteiger partial charge on any atom is -0.352 e. The highest BCUT2D eigenvalue weighted by Gasteiger charge is 2.49. The Labute approximate surface area is 148 Å². The molecule has 1 saturated carbocycles. The molecule has 2 atom stereocenters. The van der Waals surface area contributed by atoms with E-state index in [1.54, 1.807) is 16.7 Å². The second kappa shape index (κ2) is 7.25. The van der Waals surface area contributed by atoms with Crippen LogP contribution in [0.25, 0.3) is 0 Å². The Morgan fingerprint density at radius 1 is 1.00 bits per heavy atom. The van der Waals surface area contributed by atoms with Crippen LogP contribution in [0, 0.1) is 18.8 Å². The number of amides is 3. The minimum absolute atomic E-state index is 0.0405. The lowest BCUT2D eigenvalue weighted by molar-refractivity contribution is -0.140. The first-order valence-electron chi connectivity index (χ1n) is 8.83. The molecule has 1 aliphatic heterocycles. The van der Waals surface area contributed by atoms with Crippen LogP contribution >= 0.6 is 0 Å². The average molecular weight is 343 g/mol. The zero-order valence-corrected chi connectivity index (χ0v) is 14.8. The van der Waals surface area contributed by atoms with Gasteiger partial charge in [-0.15, -0.1) is 0 Å². The van der Waals surface area contributed by atoms with Crippen molar-refractivity contribution in [3.8, 4) is 0 Å². The Kier molecular flexibility index (Phi) is 5.06. The molecule has 2 unspecified atom stereocenters. The molecule has 6 nitrogen and oxygen atoms in total. The third kappa shape index (κ3) is 4.18. The van der Waals surface area contributed by atoms with Crippen molar-refractivity contribution >= 4 is 17.7 Å². The van der Waals surface area contributed by atoms with E-state index in [4.69, 9.17) is 0 Å². The summed E-state index contributed by atoms with van der Waals surface area (Å²) < 4.78 is 0. The van der Waals surface area contributed by atoms with E-state index in [1.807, 2.05) is 31.2 Å². The first kappa shape index (κ1) is 17.5. The topological polar surface area (TPSA) is 69.7 Å². The predicted molar refractivity (Wildman–Crippen MR) is 93.5 cm³/mol. The predicted octanol–water partition coefficient (Wildman–Crippen LogP) is 0.938. The van der Waals surface area contributed by atoms with Crippen molar-refractivity contribution in [2.75, 3.05) is 26.2 Å². The van der Waals surface area contributed by atoms with Gasteiger partial charge in [-0.25, -0.2) is 0 Å². The van der Waals surface area contributed by atoms with Gasteiger partial charge in [0.1, 0.15) is 0 Å². The summed E-state index contributed by atoms with van der Waals surface area (Å²) in [5.41, 5.74) is 2.25. The maximum atomic E-state index is 12.5. The van der Waals surface area contributed by atoms with E-state index in [0.717, 1.165) is 5.56 Å². The van der Waals surface area contributed by atoms with Gasteiger partial charge >= 0.3 is 0 Å². The molecule has 1 aromatic carbocycles. The van der Waals surface area contributed by atoms with Crippen LogP contribution in [0.5, 0.6) is 0 Å². The van der Waals surface area contributed by atoms with Gasteiger partial charge in [-0.1, -0.05) is 29.8 Å². The largest absolute Gasteiger partial charge is 0.352 e. The first-order chi connectivity index (χ1) is 12.0. The molecular formula is C19H25N3O3. The van der Waals surface area contributed by atoms with E-state index in [1.165, 1.54) is 5.56 Å². The lowest BCUT2D eigenvalue weighted by Gasteiger charge is -2.34. The van der Waals surface area contributed by atoms with Crippen LogP contribution in [0.3, 0.4) is 0 Å². The Balaban J connectivity index is 1.44. The number of nitrogens with one attached hydrogen (secondary N) is 1. The molecule has 134 valence electrons. The highest BCUT2D eigenvalue weighted by molar-refractivity contribution is 5.92. The summed E-state index contributed by atoms with van der Waals surface area (Å²) in [6, 6.07) is 8.04. The van der Waals surface area contributed by atoms with Gasteiger partial charge in [0.25, 0.3) is 0 Å². The zero-order valence-electron chi connectivity index (χ0n) is 14.8. The Hall–Kier alpha value is -2.37. The smallest absolute Gasteiger partial charge is 0.226 e. The van der Waals surface area contributed by atoms with Crippen LogP contribution in [-0.4, -0.2) is 53.7 Å². The lowest BCUT2D eigenvalue weighted by Crippen LogP contribution is -2.50. The second-order valence-corrected chi connectivity index (χ2v) is 6.98. The van der Waals surface area contributed by atoms with E-state index < -0.39 is 0 Å². The monoisotopic (exact) mass is 343 g/mol. The highest BCUT2D eigenvalue weighted by atomic mass is 16.2. The SMILES string of the molecule is CC(=O)N1CCN(C(=O)C2CC2C(=O)NCc2ccc(C)cc2)CC1. The fourth-order valence-corrected chi connectivity index (χ4v) is 3.26. The molecule has 2 aliphatic rings. The van der Waals surface area contributed by atoms with E-state index in [9.17, 15) is 14.4 Å². The summed E-state index contributed by atoms with van der Waals surface area (Å²) in [6.45, 7) is 6.36. The number of benzene rings is 1. The first-order valence-corrected chi connectivity index (χ1v) is 8.83. The van der Waals surface area contributed by atoms with E-state index in [-0.39, 0.29) is 29.6 Å². The average Bonchev–Trinajstić information content (AvgIpc) is 3.41. The van der Waals surface area contributed by atoms with Gasteiger partial charge in [-0.2, -0.15) is 0 Å². The van der Waals surface area contributed by atoms with Gasteiger partial charge in [0, 0.05) is 39.6 Å². The lowest BCUT2D eigenvalue weighted by atomic mass is 10.1. The summed E-state index contributed by atoms with van der Waals surface area (Å²) in [5.74, 6) is -0.336. The number of carbonyl (C=O) groups is 3. The van der Waals surface area contributed by atoms with Crippen LogP contribution in [0.15, 0.2) is 24.3 Å². The molecule has 2 fully saturated rings. The molecule has 1 N–H and O–H groups in total. The number of rotatable bonds is 4. The third-order valence-electron chi connectivity index (χ3n) is 5.07. The molecule has 6 heteroatoms. The molecule has 1 aromatic rings. The molecule has 3 rings (SSSR count). The standard InChI is InChI=1S/C19H25N3O3/c1-13-3-5-15(6-4-13)12-20-18(24)16-11-17(16)19(25)22-9-7-21(8-10-22)14(2)23/h3-6,16-17H,7-12H2,1-2H3,(H,20,24). The Bertz CT molecular complexity index is 663. The molecule has 25 heavy (non-hydrogen) atoms. The summed E-state index contributed by atoms with van der Waals surface area (Å²) in [6.07, 6.45) is 0.630. The Morgan fingerprint density at radius 3 is 2.20 bits per heavy atom. The molecular weight excluding hydrogens is 318 g/mol. The number of hydrogen-bond acceptors (Lipinski definition) is 3. The maximum absolute atomic E-state index is 12.5. The van der Waals surface area contributed by atoms with Crippen LogP contribution in [0.1, 0.15) is 24.5 Å². The normalized spacial score (nSPS) is 22.5. The molecule has 0 aromatic heterocycles. The molecule has 1 heterocycles. The summed E-state index contributed by atoms with van der Waals surface area (Å²) in [5, 5.41) is 2.93. The molecule has 0 spiro atoms. The fraction of sp³-hybridized carbons (Fsp3) is 0.526. The third-order valence-corrected chi connectivity index (χ3v) is 5.07. The number of carbonyl (C=O) groups excluding carboxylic acids is 3. The van der Waals surface area contributed by atoms with Crippen molar-refractivity contribution in [1.82, 2.24) is 15.1 Å². The summed E-state index contributed by atoms with van der Waals surface area (Å²) in [7, 11) is 0. The van der Waals surface area contributed by atoms with Gasteiger partial charge in [-0.3, -0.25) is 14.4 Å². The number of aryl methyl sites for hydroxylation is 1. The van der Waals surface area contributed by atoms with Crippen molar-refractivity contribution in [3.05, 3.63) is 35.4 Å². The van der Waals surface area contributed by atoms with Crippen molar-refractivity contribution in [3.63, 3.8) is 0 Å². The highest BCUT2D eigenvalue weighted by Crippen LogP contribution is 2.40.